The van der Waals surface area contributed by atoms with Gasteiger partial charge in [0.05, 0.1) is 18.2 Å². The first-order valence-electron chi connectivity index (χ1n) is 8.65. The zero-order valence-electron chi connectivity index (χ0n) is 15.1. The van der Waals surface area contributed by atoms with Gasteiger partial charge in [0.2, 0.25) is 5.91 Å². The van der Waals surface area contributed by atoms with Gasteiger partial charge in [-0.05, 0) is 32.8 Å². The molecule has 8 heteroatoms. The summed E-state index contributed by atoms with van der Waals surface area (Å²) in [4.78, 5) is 37.7. The van der Waals surface area contributed by atoms with Crippen molar-refractivity contribution in [1.29, 1.82) is 0 Å². The van der Waals surface area contributed by atoms with Gasteiger partial charge in [-0.25, -0.2) is 0 Å². The van der Waals surface area contributed by atoms with E-state index < -0.39 is 0 Å². The number of esters is 1. The zero-order chi connectivity index (χ0) is 18.4. The average Bonchev–Trinajstić information content (AvgIpc) is 2.93. The zero-order valence-corrected chi connectivity index (χ0v) is 15.1. The van der Waals surface area contributed by atoms with E-state index in [0.717, 1.165) is 5.69 Å². The predicted octanol–water partition coefficient (Wildman–Crippen LogP) is 0.650. The lowest BCUT2D eigenvalue weighted by molar-refractivity contribution is -0.151. The van der Waals surface area contributed by atoms with Gasteiger partial charge in [0, 0.05) is 33.1 Å². The van der Waals surface area contributed by atoms with Crippen LogP contribution in [-0.2, 0) is 21.4 Å². The Morgan fingerprint density at radius 1 is 1.32 bits per heavy atom. The maximum absolute atomic E-state index is 12.2. The summed E-state index contributed by atoms with van der Waals surface area (Å²) in [5.41, 5.74) is 1.24. The fraction of sp³-hybridized carbons (Fsp3) is 0.647. The Bertz CT molecular complexity index is 633. The molecule has 0 unspecified atom stereocenters. The van der Waals surface area contributed by atoms with E-state index >= 15 is 0 Å². The van der Waals surface area contributed by atoms with Gasteiger partial charge >= 0.3 is 5.97 Å². The Labute approximate surface area is 147 Å². The third kappa shape index (κ3) is 5.04. The second-order valence-electron chi connectivity index (χ2n) is 6.21. The summed E-state index contributed by atoms with van der Waals surface area (Å²) < 4.78 is 6.55. The molecule has 0 bridgehead atoms. The van der Waals surface area contributed by atoms with Crippen molar-refractivity contribution in [3.05, 3.63) is 17.5 Å². The summed E-state index contributed by atoms with van der Waals surface area (Å²) in [6, 6.07) is 1.71. The summed E-state index contributed by atoms with van der Waals surface area (Å²) in [6.07, 6.45) is 1.50. The van der Waals surface area contributed by atoms with E-state index in [4.69, 9.17) is 4.74 Å². The van der Waals surface area contributed by atoms with E-state index in [9.17, 15) is 14.4 Å². The van der Waals surface area contributed by atoms with Crippen LogP contribution in [0.25, 0.3) is 0 Å². The highest BCUT2D eigenvalue weighted by Crippen LogP contribution is 2.19. The molecule has 0 saturated carbocycles. The van der Waals surface area contributed by atoms with Crippen molar-refractivity contribution in [3.63, 3.8) is 0 Å². The van der Waals surface area contributed by atoms with Crippen molar-refractivity contribution >= 4 is 17.8 Å². The summed E-state index contributed by atoms with van der Waals surface area (Å²) in [5, 5.41) is 6.87. The molecule has 1 saturated heterocycles. The molecule has 1 fully saturated rings. The molecular formula is C17H26N4O4. The maximum atomic E-state index is 12.2. The minimum atomic E-state index is -0.239. The summed E-state index contributed by atoms with van der Waals surface area (Å²) >= 11 is 0. The first-order chi connectivity index (χ1) is 11.9. The van der Waals surface area contributed by atoms with Crippen molar-refractivity contribution in [3.8, 4) is 0 Å². The lowest BCUT2D eigenvalue weighted by atomic mass is 9.97. The summed E-state index contributed by atoms with van der Waals surface area (Å²) in [6.45, 7) is 5.37. The number of hydrogen-bond donors (Lipinski definition) is 1. The topological polar surface area (TPSA) is 93.5 Å². The first kappa shape index (κ1) is 19.0. The predicted molar refractivity (Wildman–Crippen MR) is 90.8 cm³/mol. The molecule has 2 rings (SSSR count). The van der Waals surface area contributed by atoms with Crippen molar-refractivity contribution in [1.82, 2.24) is 20.0 Å². The Morgan fingerprint density at radius 3 is 2.56 bits per heavy atom. The number of rotatable bonds is 6. The van der Waals surface area contributed by atoms with Crippen LogP contribution in [0.4, 0.5) is 0 Å². The largest absolute Gasteiger partial charge is 0.466 e. The minimum absolute atomic E-state index is 0.0104. The Morgan fingerprint density at radius 2 is 2.00 bits per heavy atom. The molecule has 25 heavy (non-hydrogen) atoms. The molecule has 8 nitrogen and oxygen atoms in total. The molecule has 0 atom stereocenters. The SMILES string of the molecule is CCOC(=O)C1CCN(C(=O)CCNC(=O)c2cc(C)nn2C)CC1. The molecule has 0 radical (unpaired) electrons. The first-order valence-corrected chi connectivity index (χ1v) is 8.65. The molecule has 1 aromatic heterocycles. The molecule has 138 valence electrons. The Hall–Kier alpha value is -2.38. The number of carbonyl (C=O) groups is 3. The number of hydrogen-bond acceptors (Lipinski definition) is 5. The molecule has 0 aliphatic carbocycles. The number of nitrogens with one attached hydrogen (secondary N) is 1. The fourth-order valence-corrected chi connectivity index (χ4v) is 2.98. The quantitative estimate of drug-likeness (QED) is 0.761. The molecule has 0 spiro atoms. The summed E-state index contributed by atoms with van der Waals surface area (Å²) in [5.74, 6) is -0.536. The van der Waals surface area contributed by atoms with Gasteiger partial charge in [-0.1, -0.05) is 0 Å². The lowest BCUT2D eigenvalue weighted by Crippen LogP contribution is -2.41. The smallest absolute Gasteiger partial charge is 0.309 e. The van der Waals surface area contributed by atoms with Gasteiger partial charge < -0.3 is 15.0 Å². The molecule has 1 aliphatic heterocycles. The van der Waals surface area contributed by atoms with Crippen molar-refractivity contribution in [2.75, 3.05) is 26.2 Å². The number of amides is 2. The van der Waals surface area contributed by atoms with Crippen LogP contribution < -0.4 is 5.32 Å². The number of likely N-dealkylation sites (tertiary alicyclic amines) is 1. The number of nitrogens with zero attached hydrogens (tertiary/aromatic N) is 3. The van der Waals surface area contributed by atoms with Gasteiger partial charge in [-0.15, -0.1) is 0 Å². The Kier molecular flexibility index (Phi) is 6.55. The lowest BCUT2D eigenvalue weighted by Gasteiger charge is -2.31. The minimum Gasteiger partial charge on any atom is -0.466 e. The molecule has 1 aromatic rings. The van der Waals surface area contributed by atoms with E-state index in [1.165, 1.54) is 4.68 Å². The third-order valence-electron chi connectivity index (χ3n) is 4.33. The van der Waals surface area contributed by atoms with Crippen LogP contribution in [0.15, 0.2) is 6.07 Å². The van der Waals surface area contributed by atoms with Crippen molar-refractivity contribution in [2.24, 2.45) is 13.0 Å². The van der Waals surface area contributed by atoms with E-state index in [1.54, 1.807) is 24.9 Å². The summed E-state index contributed by atoms with van der Waals surface area (Å²) in [7, 11) is 1.71. The van der Waals surface area contributed by atoms with Crippen LogP contribution >= 0.6 is 0 Å². The standard InChI is InChI=1S/C17H26N4O4/c1-4-25-17(24)13-6-9-21(10-7-13)15(22)5-8-18-16(23)14-11-12(2)19-20(14)3/h11,13H,4-10H2,1-3H3,(H,18,23). The molecular weight excluding hydrogens is 324 g/mol. The van der Waals surface area contributed by atoms with Crippen LogP contribution in [0.3, 0.4) is 0 Å². The average molecular weight is 350 g/mol. The van der Waals surface area contributed by atoms with Crippen LogP contribution in [-0.4, -0.2) is 58.7 Å². The highest BCUT2D eigenvalue weighted by molar-refractivity contribution is 5.92. The van der Waals surface area contributed by atoms with Crippen LogP contribution in [0, 0.1) is 12.8 Å². The number of ether oxygens (including phenoxy) is 1. The monoisotopic (exact) mass is 350 g/mol. The number of aryl methyl sites for hydroxylation is 2. The van der Waals surface area contributed by atoms with Gasteiger partial charge in [0.15, 0.2) is 0 Å². The van der Waals surface area contributed by atoms with Crippen LogP contribution in [0.2, 0.25) is 0 Å². The third-order valence-corrected chi connectivity index (χ3v) is 4.33. The second-order valence-corrected chi connectivity index (χ2v) is 6.21. The number of aromatic nitrogens is 2. The van der Waals surface area contributed by atoms with Crippen LogP contribution in [0.1, 0.15) is 42.4 Å². The molecule has 0 aromatic carbocycles. The van der Waals surface area contributed by atoms with Gasteiger partial charge in [-0.3, -0.25) is 19.1 Å². The molecule has 1 N–H and O–H groups in total. The maximum Gasteiger partial charge on any atom is 0.309 e. The normalized spacial score (nSPS) is 15.1. The van der Waals surface area contributed by atoms with Gasteiger partial charge in [-0.2, -0.15) is 5.10 Å². The van der Waals surface area contributed by atoms with Gasteiger partial charge in [0.25, 0.3) is 5.91 Å². The molecule has 1 aliphatic rings. The Balaban J connectivity index is 1.72. The second kappa shape index (κ2) is 8.64. The number of carbonyl (C=O) groups excluding carboxylic acids is 3. The highest BCUT2D eigenvalue weighted by atomic mass is 16.5. The van der Waals surface area contributed by atoms with E-state index in [0.29, 0.717) is 38.2 Å². The fourth-order valence-electron chi connectivity index (χ4n) is 2.98. The van der Waals surface area contributed by atoms with Gasteiger partial charge in [0.1, 0.15) is 5.69 Å². The van der Waals surface area contributed by atoms with E-state index in [1.807, 2.05) is 6.92 Å². The molecule has 2 heterocycles. The molecule has 2 amide bonds. The van der Waals surface area contributed by atoms with Crippen molar-refractivity contribution < 1.29 is 19.1 Å². The van der Waals surface area contributed by atoms with E-state index in [-0.39, 0.29) is 36.7 Å². The van der Waals surface area contributed by atoms with Crippen LogP contribution in [0.5, 0.6) is 0 Å². The highest BCUT2D eigenvalue weighted by Gasteiger charge is 2.28. The van der Waals surface area contributed by atoms with E-state index in [2.05, 4.69) is 10.4 Å². The number of piperidine rings is 1. The van der Waals surface area contributed by atoms with Crippen molar-refractivity contribution in [2.45, 2.75) is 33.1 Å².